The molecule has 0 aliphatic rings. The molecule has 0 aliphatic heterocycles. The lowest BCUT2D eigenvalue weighted by Gasteiger charge is -2.03. The Labute approximate surface area is 122 Å². The first kappa shape index (κ1) is 12.7. The van der Waals surface area contributed by atoms with Gasteiger partial charge in [-0.2, -0.15) is 5.26 Å². The third-order valence-corrected chi connectivity index (χ3v) is 3.59. The SMILES string of the molecule is Cn1c(Cc2cccc(Cl)c2)nc2ccc(C#N)cc21. The fourth-order valence-corrected chi connectivity index (χ4v) is 2.51. The first-order valence-corrected chi connectivity index (χ1v) is 6.65. The lowest BCUT2D eigenvalue weighted by atomic mass is 10.1. The number of aryl methyl sites for hydroxylation is 1. The summed E-state index contributed by atoms with van der Waals surface area (Å²) in [6.45, 7) is 0. The van der Waals surface area contributed by atoms with Crippen molar-refractivity contribution in [2.24, 2.45) is 7.05 Å². The average Bonchev–Trinajstić information content (AvgIpc) is 2.75. The maximum absolute atomic E-state index is 8.97. The highest BCUT2D eigenvalue weighted by Crippen LogP contribution is 2.20. The summed E-state index contributed by atoms with van der Waals surface area (Å²) in [5.41, 5.74) is 3.65. The number of nitrogens with zero attached hydrogens (tertiary/aromatic N) is 3. The third-order valence-electron chi connectivity index (χ3n) is 3.35. The molecule has 1 aromatic heterocycles. The van der Waals surface area contributed by atoms with Gasteiger partial charge in [0.1, 0.15) is 5.82 Å². The van der Waals surface area contributed by atoms with Gasteiger partial charge in [-0.1, -0.05) is 23.7 Å². The zero-order chi connectivity index (χ0) is 14.1. The van der Waals surface area contributed by atoms with Gasteiger partial charge in [0.2, 0.25) is 0 Å². The molecule has 3 rings (SSSR count). The zero-order valence-corrected chi connectivity index (χ0v) is 11.7. The normalized spacial score (nSPS) is 10.7. The van der Waals surface area contributed by atoms with Crippen LogP contribution in [0.15, 0.2) is 42.5 Å². The van der Waals surface area contributed by atoms with E-state index in [1.54, 1.807) is 6.07 Å². The van der Waals surface area contributed by atoms with Gasteiger partial charge in [0, 0.05) is 18.5 Å². The molecule has 0 saturated heterocycles. The van der Waals surface area contributed by atoms with Crippen LogP contribution in [-0.2, 0) is 13.5 Å². The van der Waals surface area contributed by atoms with Crippen molar-refractivity contribution in [3.8, 4) is 6.07 Å². The Morgan fingerprint density at radius 3 is 2.85 bits per heavy atom. The van der Waals surface area contributed by atoms with Crippen molar-refractivity contribution in [3.63, 3.8) is 0 Å². The number of fused-ring (bicyclic) bond motifs is 1. The topological polar surface area (TPSA) is 41.6 Å². The van der Waals surface area contributed by atoms with Gasteiger partial charge in [0.15, 0.2) is 0 Å². The molecule has 20 heavy (non-hydrogen) atoms. The molecule has 0 N–H and O–H groups in total. The Balaban J connectivity index is 2.04. The number of imidazole rings is 1. The van der Waals surface area contributed by atoms with Gasteiger partial charge < -0.3 is 4.57 Å². The minimum atomic E-state index is 0.648. The Kier molecular flexibility index (Phi) is 3.17. The summed E-state index contributed by atoms with van der Waals surface area (Å²) in [6.07, 6.45) is 0.716. The van der Waals surface area contributed by atoms with E-state index in [1.165, 1.54) is 0 Å². The second kappa shape index (κ2) is 4.99. The average molecular weight is 282 g/mol. The number of halogens is 1. The Hall–Kier alpha value is -2.31. The first-order chi connectivity index (χ1) is 9.67. The second-order valence-electron chi connectivity index (χ2n) is 4.71. The van der Waals surface area contributed by atoms with E-state index >= 15 is 0 Å². The van der Waals surface area contributed by atoms with Crippen LogP contribution in [0.1, 0.15) is 17.0 Å². The van der Waals surface area contributed by atoms with Gasteiger partial charge in [-0.25, -0.2) is 4.98 Å². The number of nitriles is 1. The number of benzene rings is 2. The predicted molar refractivity (Wildman–Crippen MR) is 79.7 cm³/mol. The summed E-state index contributed by atoms with van der Waals surface area (Å²) in [7, 11) is 1.97. The number of hydrogen-bond acceptors (Lipinski definition) is 2. The molecule has 0 saturated carbocycles. The van der Waals surface area contributed by atoms with Crippen molar-refractivity contribution in [2.75, 3.05) is 0 Å². The van der Waals surface area contributed by atoms with Crippen molar-refractivity contribution in [1.29, 1.82) is 5.26 Å². The maximum Gasteiger partial charge on any atom is 0.114 e. The van der Waals surface area contributed by atoms with Gasteiger partial charge in [-0.15, -0.1) is 0 Å². The smallest absolute Gasteiger partial charge is 0.114 e. The van der Waals surface area contributed by atoms with Crippen molar-refractivity contribution < 1.29 is 0 Å². The van der Waals surface area contributed by atoms with Gasteiger partial charge in [-0.3, -0.25) is 0 Å². The molecule has 0 atom stereocenters. The highest BCUT2D eigenvalue weighted by atomic mass is 35.5. The lowest BCUT2D eigenvalue weighted by Crippen LogP contribution is -1.99. The van der Waals surface area contributed by atoms with Crippen molar-refractivity contribution in [3.05, 3.63) is 64.4 Å². The second-order valence-corrected chi connectivity index (χ2v) is 5.15. The monoisotopic (exact) mass is 281 g/mol. The van der Waals surface area contributed by atoms with Crippen LogP contribution in [0.3, 0.4) is 0 Å². The molecule has 0 unspecified atom stereocenters. The summed E-state index contributed by atoms with van der Waals surface area (Å²) in [6, 6.07) is 15.5. The summed E-state index contributed by atoms with van der Waals surface area (Å²) in [5.74, 6) is 0.956. The van der Waals surface area contributed by atoms with Crippen LogP contribution < -0.4 is 0 Å². The zero-order valence-electron chi connectivity index (χ0n) is 11.0. The third kappa shape index (κ3) is 2.26. The molecule has 4 heteroatoms. The molecule has 1 heterocycles. The van der Waals surface area contributed by atoms with Crippen LogP contribution in [0, 0.1) is 11.3 Å². The van der Waals surface area contributed by atoms with Crippen LogP contribution in [0.4, 0.5) is 0 Å². The summed E-state index contributed by atoms with van der Waals surface area (Å²) in [5, 5.41) is 9.70. The molecule has 3 aromatic rings. The fourth-order valence-electron chi connectivity index (χ4n) is 2.30. The molecule has 3 nitrogen and oxygen atoms in total. The Morgan fingerprint density at radius 2 is 2.10 bits per heavy atom. The molecule has 0 fully saturated rings. The molecule has 0 spiro atoms. The van der Waals surface area contributed by atoms with E-state index < -0.39 is 0 Å². The molecule has 2 aromatic carbocycles. The largest absolute Gasteiger partial charge is 0.331 e. The van der Waals surface area contributed by atoms with Crippen molar-refractivity contribution >= 4 is 22.6 Å². The van der Waals surface area contributed by atoms with Crippen molar-refractivity contribution in [1.82, 2.24) is 9.55 Å². The van der Waals surface area contributed by atoms with Gasteiger partial charge >= 0.3 is 0 Å². The molecule has 0 amide bonds. The van der Waals surface area contributed by atoms with Crippen LogP contribution >= 0.6 is 11.6 Å². The minimum absolute atomic E-state index is 0.648. The van der Waals surface area contributed by atoms with Crippen LogP contribution in [0.2, 0.25) is 5.02 Å². The van der Waals surface area contributed by atoms with Crippen LogP contribution in [-0.4, -0.2) is 9.55 Å². The summed E-state index contributed by atoms with van der Waals surface area (Å²) >= 11 is 6.01. The van der Waals surface area contributed by atoms with Crippen molar-refractivity contribution in [2.45, 2.75) is 6.42 Å². The van der Waals surface area contributed by atoms with E-state index in [1.807, 2.05) is 48.0 Å². The van der Waals surface area contributed by atoms with E-state index in [0.717, 1.165) is 27.4 Å². The van der Waals surface area contributed by atoms with E-state index in [4.69, 9.17) is 16.9 Å². The molecular weight excluding hydrogens is 270 g/mol. The van der Waals surface area contributed by atoms with Gasteiger partial charge in [-0.05, 0) is 35.9 Å². The molecule has 0 aliphatic carbocycles. The van der Waals surface area contributed by atoms with Gasteiger partial charge in [0.25, 0.3) is 0 Å². The van der Waals surface area contributed by atoms with E-state index in [9.17, 15) is 0 Å². The highest BCUT2D eigenvalue weighted by molar-refractivity contribution is 6.30. The quantitative estimate of drug-likeness (QED) is 0.719. The standard InChI is InChI=1S/C16H12ClN3/c1-20-15-8-12(10-18)5-6-14(15)19-16(20)9-11-3-2-4-13(17)7-11/h2-8H,9H2,1H3. The van der Waals surface area contributed by atoms with E-state index in [-0.39, 0.29) is 0 Å². The van der Waals surface area contributed by atoms with Crippen LogP contribution in [0.25, 0.3) is 11.0 Å². The Morgan fingerprint density at radius 1 is 1.25 bits per heavy atom. The minimum Gasteiger partial charge on any atom is -0.331 e. The van der Waals surface area contributed by atoms with E-state index in [0.29, 0.717) is 12.0 Å². The first-order valence-electron chi connectivity index (χ1n) is 6.27. The summed E-state index contributed by atoms with van der Waals surface area (Å²) < 4.78 is 2.02. The van der Waals surface area contributed by atoms with E-state index in [2.05, 4.69) is 11.1 Å². The highest BCUT2D eigenvalue weighted by Gasteiger charge is 2.09. The van der Waals surface area contributed by atoms with Crippen LogP contribution in [0.5, 0.6) is 0 Å². The molecular formula is C16H12ClN3. The molecule has 0 bridgehead atoms. The predicted octanol–water partition coefficient (Wildman–Crippen LogP) is 3.69. The maximum atomic E-state index is 8.97. The molecule has 0 radical (unpaired) electrons. The number of rotatable bonds is 2. The summed E-state index contributed by atoms with van der Waals surface area (Å²) in [4.78, 5) is 4.62. The Bertz CT molecular complexity index is 827. The van der Waals surface area contributed by atoms with Gasteiger partial charge in [0.05, 0.1) is 22.7 Å². The molecule has 98 valence electrons. The number of aromatic nitrogens is 2. The number of hydrogen-bond donors (Lipinski definition) is 0. The lowest BCUT2D eigenvalue weighted by molar-refractivity contribution is 0.844. The fraction of sp³-hybridized carbons (Fsp3) is 0.125.